The van der Waals surface area contributed by atoms with E-state index >= 15 is 0 Å². The van der Waals surface area contributed by atoms with Gasteiger partial charge >= 0.3 is 5.97 Å². The zero-order valence-electron chi connectivity index (χ0n) is 7.03. The predicted molar refractivity (Wildman–Crippen MR) is 42.8 cm³/mol. The predicted octanol–water partition coefficient (Wildman–Crippen LogP) is 1.28. The molecule has 12 heavy (non-hydrogen) atoms. The monoisotopic (exact) mass is 170 g/mol. The van der Waals surface area contributed by atoms with E-state index in [4.69, 9.17) is 9.84 Å². The van der Waals surface area contributed by atoms with Gasteiger partial charge in [0.05, 0.1) is 12.0 Å². The number of hydrogen-bond acceptors (Lipinski definition) is 2. The molecule has 0 aromatic carbocycles. The Morgan fingerprint density at radius 3 is 2.58 bits per heavy atom. The van der Waals surface area contributed by atoms with Gasteiger partial charge in [0, 0.05) is 6.61 Å². The van der Waals surface area contributed by atoms with E-state index in [9.17, 15) is 4.79 Å². The van der Waals surface area contributed by atoms with Crippen LogP contribution in [0.3, 0.4) is 0 Å². The van der Waals surface area contributed by atoms with Crippen LogP contribution < -0.4 is 0 Å². The lowest BCUT2D eigenvalue weighted by Crippen LogP contribution is -2.36. The summed E-state index contributed by atoms with van der Waals surface area (Å²) >= 11 is 0. The highest BCUT2D eigenvalue weighted by atomic mass is 16.5. The van der Waals surface area contributed by atoms with Crippen molar-refractivity contribution in [2.45, 2.75) is 31.8 Å². The van der Waals surface area contributed by atoms with Gasteiger partial charge in [0.1, 0.15) is 0 Å². The summed E-state index contributed by atoms with van der Waals surface area (Å²) in [5.74, 6) is -0.00986. The second kappa shape index (κ2) is 3.05. The Morgan fingerprint density at radius 1 is 1.42 bits per heavy atom. The Bertz CT molecular complexity index is 180. The van der Waals surface area contributed by atoms with Gasteiger partial charge in [-0.15, -0.1) is 0 Å². The molecule has 0 atom stereocenters. The molecule has 1 N–H and O–H groups in total. The first-order valence-electron chi connectivity index (χ1n) is 4.60. The first-order valence-corrected chi connectivity index (χ1v) is 4.60. The molecule has 2 saturated carbocycles. The molecule has 68 valence electrons. The molecule has 0 saturated heterocycles. The van der Waals surface area contributed by atoms with E-state index in [1.165, 1.54) is 12.8 Å². The van der Waals surface area contributed by atoms with Crippen molar-refractivity contribution < 1.29 is 14.6 Å². The molecular weight excluding hydrogens is 156 g/mol. The molecule has 2 aliphatic rings. The van der Waals surface area contributed by atoms with Gasteiger partial charge in [0.15, 0.2) is 0 Å². The van der Waals surface area contributed by atoms with Crippen molar-refractivity contribution in [1.29, 1.82) is 0 Å². The van der Waals surface area contributed by atoms with E-state index in [1.54, 1.807) is 0 Å². The average molecular weight is 170 g/mol. The number of ether oxygens (including phenoxy) is 1. The largest absolute Gasteiger partial charge is 0.481 e. The van der Waals surface area contributed by atoms with Crippen LogP contribution in [0.25, 0.3) is 0 Å². The van der Waals surface area contributed by atoms with Gasteiger partial charge in [-0.2, -0.15) is 0 Å². The number of carboxylic acids is 1. The third-order valence-corrected chi connectivity index (χ3v) is 2.71. The number of rotatable bonds is 4. The Hall–Kier alpha value is -0.570. The smallest absolute Gasteiger partial charge is 0.306 e. The molecule has 0 bridgehead atoms. The number of hydrogen-bond donors (Lipinski definition) is 1. The number of aliphatic carboxylic acids is 1. The third kappa shape index (κ3) is 1.78. The summed E-state index contributed by atoms with van der Waals surface area (Å²) in [6, 6.07) is 0. The maximum atomic E-state index is 10.4. The Labute approximate surface area is 71.7 Å². The molecule has 0 radical (unpaired) electrons. The molecular formula is C9H14O3. The van der Waals surface area contributed by atoms with Crippen LogP contribution in [0.15, 0.2) is 0 Å². The van der Waals surface area contributed by atoms with Gasteiger partial charge in [-0.05, 0) is 31.6 Å². The van der Waals surface area contributed by atoms with Crippen molar-refractivity contribution in [3.8, 4) is 0 Å². The Morgan fingerprint density at radius 2 is 2.08 bits per heavy atom. The normalized spacial score (nSPS) is 34.3. The molecule has 0 aromatic heterocycles. The number of carbonyl (C=O) groups is 1. The van der Waals surface area contributed by atoms with Gasteiger partial charge in [-0.25, -0.2) is 0 Å². The van der Waals surface area contributed by atoms with Crippen molar-refractivity contribution in [2.24, 2.45) is 11.8 Å². The van der Waals surface area contributed by atoms with Crippen LogP contribution in [0.4, 0.5) is 0 Å². The Kier molecular flexibility index (Phi) is 2.05. The van der Waals surface area contributed by atoms with Crippen molar-refractivity contribution in [1.82, 2.24) is 0 Å². The standard InChI is InChI=1S/C9H14O3/c10-9(11)7-3-8(4-7)12-5-6-1-2-6/h6-8H,1-5H2,(H,10,11). The van der Waals surface area contributed by atoms with E-state index in [0.29, 0.717) is 0 Å². The van der Waals surface area contributed by atoms with Crippen LogP contribution in [0.5, 0.6) is 0 Å². The molecule has 3 heteroatoms. The minimum absolute atomic E-state index is 0.130. The molecule has 0 heterocycles. The van der Waals surface area contributed by atoms with Gasteiger partial charge < -0.3 is 9.84 Å². The summed E-state index contributed by atoms with van der Waals surface area (Å²) in [5, 5.41) is 8.59. The van der Waals surface area contributed by atoms with Crippen molar-refractivity contribution in [2.75, 3.05) is 6.61 Å². The van der Waals surface area contributed by atoms with Crippen molar-refractivity contribution in [3.05, 3.63) is 0 Å². The molecule has 0 aliphatic heterocycles. The average Bonchev–Trinajstić information content (AvgIpc) is 2.66. The van der Waals surface area contributed by atoms with Gasteiger partial charge in [-0.1, -0.05) is 0 Å². The van der Waals surface area contributed by atoms with Crippen molar-refractivity contribution in [3.63, 3.8) is 0 Å². The summed E-state index contributed by atoms with van der Waals surface area (Å²) in [6.07, 6.45) is 4.29. The van der Waals surface area contributed by atoms with Gasteiger partial charge in [0.25, 0.3) is 0 Å². The SMILES string of the molecule is O=C(O)C1CC(OCC2CC2)C1. The molecule has 0 spiro atoms. The molecule has 0 amide bonds. The van der Waals surface area contributed by atoms with E-state index in [2.05, 4.69) is 0 Å². The lowest BCUT2D eigenvalue weighted by Gasteiger charge is -2.32. The second-order valence-electron chi connectivity index (χ2n) is 3.91. The third-order valence-electron chi connectivity index (χ3n) is 2.71. The molecule has 2 aliphatic carbocycles. The van der Waals surface area contributed by atoms with Crippen LogP contribution in [-0.2, 0) is 9.53 Å². The quantitative estimate of drug-likeness (QED) is 0.691. The maximum Gasteiger partial charge on any atom is 0.306 e. The van der Waals surface area contributed by atoms with Crippen LogP contribution in [0.2, 0.25) is 0 Å². The molecule has 3 nitrogen and oxygen atoms in total. The first-order chi connectivity index (χ1) is 5.75. The van der Waals surface area contributed by atoms with Gasteiger partial charge in [-0.3, -0.25) is 4.79 Å². The van der Waals surface area contributed by atoms with Gasteiger partial charge in [0.2, 0.25) is 0 Å². The van der Waals surface area contributed by atoms with Crippen LogP contribution in [0, 0.1) is 11.8 Å². The molecule has 0 unspecified atom stereocenters. The van der Waals surface area contributed by atoms with E-state index < -0.39 is 5.97 Å². The van der Waals surface area contributed by atoms with Crippen LogP contribution in [0.1, 0.15) is 25.7 Å². The van der Waals surface area contributed by atoms with E-state index in [-0.39, 0.29) is 12.0 Å². The minimum Gasteiger partial charge on any atom is -0.481 e. The lowest BCUT2D eigenvalue weighted by molar-refractivity contribution is -0.151. The second-order valence-corrected chi connectivity index (χ2v) is 3.91. The lowest BCUT2D eigenvalue weighted by atomic mass is 9.82. The topological polar surface area (TPSA) is 46.5 Å². The summed E-state index contributed by atoms with van der Waals surface area (Å²) < 4.78 is 5.52. The fraction of sp³-hybridized carbons (Fsp3) is 0.889. The fourth-order valence-corrected chi connectivity index (χ4v) is 1.46. The molecule has 0 aromatic rings. The van der Waals surface area contributed by atoms with Crippen LogP contribution >= 0.6 is 0 Å². The molecule has 2 fully saturated rings. The summed E-state index contributed by atoms with van der Waals surface area (Å²) in [5.41, 5.74) is 0. The van der Waals surface area contributed by atoms with Crippen LogP contribution in [-0.4, -0.2) is 23.8 Å². The zero-order chi connectivity index (χ0) is 8.55. The highest BCUT2D eigenvalue weighted by molar-refractivity contribution is 5.71. The first kappa shape index (κ1) is 8.05. The van der Waals surface area contributed by atoms with Crippen molar-refractivity contribution >= 4 is 5.97 Å². The maximum absolute atomic E-state index is 10.4. The highest BCUT2D eigenvalue weighted by Crippen LogP contribution is 2.34. The minimum atomic E-state index is -0.665. The zero-order valence-corrected chi connectivity index (χ0v) is 7.03. The number of carboxylic acid groups (broad SMARTS) is 1. The summed E-state index contributed by atoms with van der Waals surface area (Å²) in [7, 11) is 0. The summed E-state index contributed by atoms with van der Waals surface area (Å²) in [6.45, 7) is 0.858. The fourth-order valence-electron chi connectivity index (χ4n) is 1.46. The highest BCUT2D eigenvalue weighted by Gasteiger charge is 2.36. The Balaban J connectivity index is 1.58. The van der Waals surface area contributed by atoms with E-state index in [0.717, 1.165) is 25.4 Å². The molecule has 2 rings (SSSR count). The summed E-state index contributed by atoms with van der Waals surface area (Å²) in [4.78, 5) is 10.4. The van der Waals surface area contributed by atoms with E-state index in [1.807, 2.05) is 0 Å².